The molecule has 1 N–H and O–H groups in total. The summed E-state index contributed by atoms with van der Waals surface area (Å²) < 4.78 is 4.91. The normalized spacial score (nSPS) is 14.0. The molecule has 5 nitrogen and oxygen atoms in total. The van der Waals surface area contributed by atoms with E-state index in [1.54, 1.807) is 16.2 Å². The molecule has 1 fully saturated rings. The number of ether oxygens (including phenoxy) is 1. The van der Waals surface area contributed by atoms with Crippen molar-refractivity contribution in [3.8, 4) is 0 Å². The number of carbonyl (C=O) groups is 2. The van der Waals surface area contributed by atoms with Crippen LogP contribution in [0.15, 0.2) is 41.8 Å². The van der Waals surface area contributed by atoms with E-state index in [-0.39, 0.29) is 12.0 Å². The number of cyclic esters (lactones) is 1. The van der Waals surface area contributed by atoms with Gasteiger partial charge in [0.2, 0.25) is 5.91 Å². The highest BCUT2D eigenvalue weighted by molar-refractivity contribution is 7.10. The zero-order valence-electron chi connectivity index (χ0n) is 12.0. The van der Waals surface area contributed by atoms with Crippen molar-refractivity contribution in [1.82, 2.24) is 4.90 Å². The molecule has 1 aromatic heterocycles. The quantitative estimate of drug-likeness (QED) is 0.923. The topological polar surface area (TPSA) is 58.6 Å². The van der Waals surface area contributed by atoms with Gasteiger partial charge in [-0.05, 0) is 29.1 Å². The smallest absolute Gasteiger partial charge is 0.410 e. The average molecular weight is 316 g/mol. The van der Waals surface area contributed by atoms with E-state index in [0.29, 0.717) is 26.1 Å². The number of amides is 2. The van der Waals surface area contributed by atoms with Crippen molar-refractivity contribution in [2.75, 3.05) is 18.5 Å². The molecule has 114 valence electrons. The van der Waals surface area contributed by atoms with Gasteiger partial charge in [-0.15, -0.1) is 11.3 Å². The Hall–Kier alpha value is -2.34. The Balaban J connectivity index is 1.61. The van der Waals surface area contributed by atoms with E-state index in [2.05, 4.69) is 5.32 Å². The lowest BCUT2D eigenvalue weighted by atomic mass is 10.2. The van der Waals surface area contributed by atoms with Gasteiger partial charge in [-0.25, -0.2) is 4.79 Å². The lowest BCUT2D eigenvalue weighted by Crippen LogP contribution is -2.23. The Bertz CT molecular complexity index is 670. The number of nitrogens with zero attached hydrogens (tertiary/aromatic N) is 1. The zero-order valence-corrected chi connectivity index (χ0v) is 12.8. The molecule has 1 aliphatic rings. The minimum absolute atomic E-state index is 0.0415. The Kier molecular flexibility index (Phi) is 4.39. The van der Waals surface area contributed by atoms with Gasteiger partial charge < -0.3 is 15.0 Å². The van der Waals surface area contributed by atoms with Crippen LogP contribution >= 0.6 is 11.3 Å². The summed E-state index contributed by atoms with van der Waals surface area (Å²) in [5.74, 6) is -0.0415. The van der Waals surface area contributed by atoms with E-state index in [4.69, 9.17) is 4.74 Å². The van der Waals surface area contributed by atoms with Gasteiger partial charge in [0.25, 0.3) is 0 Å². The van der Waals surface area contributed by atoms with E-state index in [1.165, 1.54) is 0 Å². The predicted molar refractivity (Wildman–Crippen MR) is 84.9 cm³/mol. The van der Waals surface area contributed by atoms with E-state index in [1.807, 2.05) is 41.8 Å². The predicted octanol–water partition coefficient (Wildman–Crippen LogP) is 2.88. The fourth-order valence-corrected chi connectivity index (χ4v) is 3.02. The van der Waals surface area contributed by atoms with Gasteiger partial charge in [-0.2, -0.15) is 0 Å². The molecule has 2 aromatic rings. The second-order valence-electron chi connectivity index (χ2n) is 5.04. The fraction of sp³-hybridized carbons (Fsp3) is 0.250. The molecule has 0 atom stereocenters. The maximum absolute atomic E-state index is 12.0. The number of benzene rings is 1. The first-order valence-electron chi connectivity index (χ1n) is 7.03. The number of hydrogen-bond acceptors (Lipinski definition) is 4. The first-order chi connectivity index (χ1) is 10.7. The molecule has 0 radical (unpaired) electrons. The number of nitrogens with one attached hydrogen (secondary N) is 1. The summed E-state index contributed by atoms with van der Waals surface area (Å²) >= 11 is 1.57. The summed E-state index contributed by atoms with van der Waals surface area (Å²) in [5.41, 5.74) is 1.71. The number of hydrogen-bond donors (Lipinski definition) is 1. The van der Waals surface area contributed by atoms with Crippen LogP contribution < -0.4 is 5.32 Å². The molecule has 0 bridgehead atoms. The van der Waals surface area contributed by atoms with Crippen LogP contribution in [0.2, 0.25) is 0 Å². The summed E-state index contributed by atoms with van der Waals surface area (Å²) in [6.45, 7) is 1.54. The van der Waals surface area contributed by atoms with Crippen LogP contribution in [0.5, 0.6) is 0 Å². The van der Waals surface area contributed by atoms with Crippen molar-refractivity contribution in [3.05, 3.63) is 52.2 Å². The monoisotopic (exact) mass is 316 g/mol. The molecule has 3 rings (SSSR count). The van der Waals surface area contributed by atoms with E-state index in [0.717, 1.165) is 16.1 Å². The maximum atomic E-state index is 12.0. The van der Waals surface area contributed by atoms with Crippen LogP contribution in [0.25, 0.3) is 0 Å². The maximum Gasteiger partial charge on any atom is 0.410 e. The molecule has 0 aliphatic carbocycles. The Morgan fingerprint density at radius 3 is 2.95 bits per heavy atom. The number of thiophene rings is 1. The lowest BCUT2D eigenvalue weighted by Gasteiger charge is -2.13. The Labute approximate surface area is 132 Å². The summed E-state index contributed by atoms with van der Waals surface area (Å²) in [5, 5.41) is 4.85. The minimum atomic E-state index is -0.285. The molecule has 1 saturated heterocycles. The summed E-state index contributed by atoms with van der Waals surface area (Å²) in [7, 11) is 0. The second-order valence-corrected chi connectivity index (χ2v) is 6.07. The molecule has 1 aliphatic heterocycles. The van der Waals surface area contributed by atoms with Crippen LogP contribution in [-0.2, 0) is 22.5 Å². The summed E-state index contributed by atoms with van der Waals surface area (Å²) in [6, 6.07) is 11.4. The molecular formula is C16H16N2O3S. The molecule has 2 heterocycles. The van der Waals surface area contributed by atoms with E-state index < -0.39 is 0 Å². The van der Waals surface area contributed by atoms with Crippen LogP contribution in [0.3, 0.4) is 0 Å². The van der Waals surface area contributed by atoms with Gasteiger partial charge in [0.05, 0.1) is 13.0 Å². The first kappa shape index (κ1) is 14.6. The van der Waals surface area contributed by atoms with Crippen molar-refractivity contribution in [2.24, 2.45) is 0 Å². The highest BCUT2D eigenvalue weighted by atomic mass is 32.1. The van der Waals surface area contributed by atoms with Crippen molar-refractivity contribution < 1.29 is 14.3 Å². The fourth-order valence-electron chi connectivity index (χ4n) is 2.31. The van der Waals surface area contributed by atoms with Gasteiger partial charge in [-0.1, -0.05) is 18.2 Å². The molecule has 0 spiro atoms. The highest BCUT2D eigenvalue weighted by Crippen LogP contribution is 2.16. The number of anilines is 1. The SMILES string of the molecule is O=C(Cc1cccs1)Nc1cccc(CN2CCOC2=O)c1. The molecule has 1 aromatic carbocycles. The van der Waals surface area contributed by atoms with Gasteiger partial charge in [-0.3, -0.25) is 4.79 Å². The Morgan fingerprint density at radius 1 is 1.32 bits per heavy atom. The third-order valence-electron chi connectivity index (χ3n) is 3.34. The van der Waals surface area contributed by atoms with Gasteiger partial charge >= 0.3 is 6.09 Å². The largest absolute Gasteiger partial charge is 0.448 e. The number of carbonyl (C=O) groups excluding carboxylic acids is 2. The standard InChI is InChI=1S/C16H16N2O3S/c19-15(10-14-5-2-8-22-14)17-13-4-1-3-12(9-13)11-18-6-7-21-16(18)20/h1-5,8-9H,6-7,10-11H2,(H,17,19). The van der Waals surface area contributed by atoms with Crippen molar-refractivity contribution in [2.45, 2.75) is 13.0 Å². The van der Waals surface area contributed by atoms with E-state index >= 15 is 0 Å². The van der Waals surface area contributed by atoms with Gasteiger partial charge in [0, 0.05) is 17.1 Å². The van der Waals surface area contributed by atoms with Crippen molar-refractivity contribution >= 4 is 29.0 Å². The molecule has 22 heavy (non-hydrogen) atoms. The van der Waals surface area contributed by atoms with Crippen LogP contribution in [0.1, 0.15) is 10.4 Å². The third-order valence-corrected chi connectivity index (χ3v) is 4.22. The van der Waals surface area contributed by atoms with Crippen molar-refractivity contribution in [3.63, 3.8) is 0 Å². The average Bonchev–Trinajstić information content (AvgIpc) is 3.12. The lowest BCUT2D eigenvalue weighted by molar-refractivity contribution is -0.115. The number of rotatable bonds is 5. The van der Waals surface area contributed by atoms with Crippen LogP contribution in [-0.4, -0.2) is 30.1 Å². The van der Waals surface area contributed by atoms with Gasteiger partial charge in [0.15, 0.2) is 0 Å². The van der Waals surface area contributed by atoms with Gasteiger partial charge in [0.1, 0.15) is 6.61 Å². The molecule has 0 saturated carbocycles. The molecule has 2 amide bonds. The minimum Gasteiger partial charge on any atom is -0.448 e. The first-order valence-corrected chi connectivity index (χ1v) is 7.91. The van der Waals surface area contributed by atoms with Crippen LogP contribution in [0, 0.1) is 0 Å². The summed E-state index contributed by atoms with van der Waals surface area (Å²) in [6.07, 6.45) is 0.0903. The van der Waals surface area contributed by atoms with Crippen molar-refractivity contribution in [1.29, 1.82) is 0 Å². The summed E-state index contributed by atoms with van der Waals surface area (Å²) in [4.78, 5) is 26.1. The van der Waals surface area contributed by atoms with E-state index in [9.17, 15) is 9.59 Å². The third kappa shape index (κ3) is 3.65. The Morgan fingerprint density at radius 2 is 2.23 bits per heavy atom. The zero-order chi connectivity index (χ0) is 15.4. The second kappa shape index (κ2) is 6.62. The molecule has 6 heteroatoms. The molecular weight excluding hydrogens is 300 g/mol. The molecule has 0 unspecified atom stereocenters. The van der Waals surface area contributed by atoms with Crippen LogP contribution in [0.4, 0.5) is 10.5 Å². The highest BCUT2D eigenvalue weighted by Gasteiger charge is 2.21.